The van der Waals surface area contributed by atoms with Gasteiger partial charge in [0.05, 0.1) is 5.75 Å². The highest BCUT2D eigenvalue weighted by molar-refractivity contribution is 7.89. The van der Waals surface area contributed by atoms with Gasteiger partial charge in [-0.15, -0.1) is 0 Å². The van der Waals surface area contributed by atoms with E-state index in [1.54, 1.807) is 7.05 Å². The number of rotatable bonds is 6. The second kappa shape index (κ2) is 5.79. The van der Waals surface area contributed by atoms with Crippen LogP contribution < -0.4 is 10.0 Å². The molecule has 0 aliphatic carbocycles. The lowest BCUT2D eigenvalue weighted by Crippen LogP contribution is -2.40. The van der Waals surface area contributed by atoms with Gasteiger partial charge in [-0.1, -0.05) is 0 Å². The highest BCUT2D eigenvalue weighted by Crippen LogP contribution is 2.13. The third-order valence-electron chi connectivity index (χ3n) is 2.83. The van der Waals surface area contributed by atoms with Gasteiger partial charge < -0.3 is 10.2 Å². The van der Waals surface area contributed by atoms with Crippen LogP contribution in [0.2, 0.25) is 0 Å². The number of sulfonamides is 1. The molecule has 1 atom stereocenters. The van der Waals surface area contributed by atoms with Gasteiger partial charge in [-0.05, 0) is 33.5 Å². The van der Waals surface area contributed by atoms with Crippen LogP contribution >= 0.6 is 0 Å². The average Bonchev–Trinajstić information content (AvgIpc) is 2.58. The van der Waals surface area contributed by atoms with Crippen LogP contribution in [-0.4, -0.2) is 58.8 Å². The molecule has 0 aromatic heterocycles. The fourth-order valence-corrected chi connectivity index (χ4v) is 2.83. The second-order valence-electron chi connectivity index (χ2n) is 4.05. The van der Waals surface area contributed by atoms with Gasteiger partial charge in [-0.3, -0.25) is 0 Å². The summed E-state index contributed by atoms with van der Waals surface area (Å²) in [4.78, 5) is 2.21. The van der Waals surface area contributed by atoms with Crippen molar-refractivity contribution < 1.29 is 8.42 Å². The Morgan fingerprint density at radius 3 is 2.73 bits per heavy atom. The maximum atomic E-state index is 11.5. The summed E-state index contributed by atoms with van der Waals surface area (Å²) in [6, 6.07) is 0.370. The summed E-state index contributed by atoms with van der Waals surface area (Å²) in [5.74, 6) is 0.153. The number of nitrogens with one attached hydrogen (secondary N) is 2. The molecule has 6 heteroatoms. The SMILES string of the molecule is CNCCS(=O)(=O)NCC1CCCN1C. The molecule has 5 nitrogen and oxygen atoms in total. The van der Waals surface area contributed by atoms with Gasteiger partial charge >= 0.3 is 0 Å². The Morgan fingerprint density at radius 2 is 2.20 bits per heavy atom. The minimum Gasteiger partial charge on any atom is -0.319 e. The highest BCUT2D eigenvalue weighted by Gasteiger charge is 2.22. The Bertz CT molecular complexity index is 279. The largest absolute Gasteiger partial charge is 0.319 e. The molecule has 1 heterocycles. The lowest BCUT2D eigenvalue weighted by molar-refractivity contribution is 0.311. The Morgan fingerprint density at radius 1 is 1.47 bits per heavy atom. The topological polar surface area (TPSA) is 61.4 Å². The van der Waals surface area contributed by atoms with Crippen LogP contribution in [-0.2, 0) is 10.0 Å². The molecule has 0 saturated carbocycles. The molecule has 0 amide bonds. The van der Waals surface area contributed by atoms with Crippen molar-refractivity contribution in [3.05, 3.63) is 0 Å². The van der Waals surface area contributed by atoms with Gasteiger partial charge in [-0.25, -0.2) is 13.1 Å². The van der Waals surface area contributed by atoms with E-state index in [0.29, 0.717) is 19.1 Å². The molecule has 1 aliphatic heterocycles. The molecule has 0 aromatic rings. The molecule has 1 fully saturated rings. The molecule has 1 saturated heterocycles. The van der Waals surface area contributed by atoms with E-state index in [9.17, 15) is 8.42 Å². The van der Waals surface area contributed by atoms with Crippen LogP contribution in [0.5, 0.6) is 0 Å². The molecule has 0 radical (unpaired) electrons. The zero-order valence-corrected chi connectivity index (χ0v) is 10.3. The first-order chi connectivity index (χ1) is 7.05. The van der Waals surface area contributed by atoms with Crippen LogP contribution in [0.1, 0.15) is 12.8 Å². The molecule has 0 spiro atoms. The first-order valence-corrected chi connectivity index (χ1v) is 7.02. The van der Waals surface area contributed by atoms with Crippen molar-refractivity contribution in [2.24, 2.45) is 0 Å². The summed E-state index contributed by atoms with van der Waals surface area (Å²) in [6.45, 7) is 2.11. The van der Waals surface area contributed by atoms with E-state index >= 15 is 0 Å². The summed E-state index contributed by atoms with van der Waals surface area (Å²) in [5, 5.41) is 2.83. The van der Waals surface area contributed by atoms with Gasteiger partial charge in [0.25, 0.3) is 0 Å². The van der Waals surface area contributed by atoms with Crippen LogP contribution in [0, 0.1) is 0 Å². The number of nitrogens with zero attached hydrogens (tertiary/aromatic N) is 1. The van der Waals surface area contributed by atoms with Crippen molar-refractivity contribution in [3.8, 4) is 0 Å². The van der Waals surface area contributed by atoms with E-state index in [4.69, 9.17) is 0 Å². The minimum atomic E-state index is -3.09. The van der Waals surface area contributed by atoms with Crippen molar-refractivity contribution in [2.45, 2.75) is 18.9 Å². The van der Waals surface area contributed by atoms with Crippen LogP contribution in [0.3, 0.4) is 0 Å². The monoisotopic (exact) mass is 235 g/mol. The fourth-order valence-electron chi connectivity index (χ4n) is 1.77. The average molecular weight is 235 g/mol. The first kappa shape index (κ1) is 12.9. The molecule has 15 heavy (non-hydrogen) atoms. The van der Waals surface area contributed by atoms with E-state index < -0.39 is 10.0 Å². The molecule has 90 valence electrons. The van der Waals surface area contributed by atoms with E-state index in [-0.39, 0.29) is 5.75 Å². The summed E-state index contributed by atoms with van der Waals surface area (Å²) in [5.41, 5.74) is 0. The Kier molecular flexibility index (Phi) is 4.98. The van der Waals surface area contributed by atoms with E-state index in [1.807, 2.05) is 7.05 Å². The van der Waals surface area contributed by atoms with Crippen LogP contribution in [0.25, 0.3) is 0 Å². The van der Waals surface area contributed by atoms with E-state index in [0.717, 1.165) is 13.0 Å². The second-order valence-corrected chi connectivity index (χ2v) is 5.97. The molecule has 1 unspecified atom stereocenters. The maximum absolute atomic E-state index is 11.5. The normalized spacial score (nSPS) is 23.5. The Hall–Kier alpha value is -0.170. The smallest absolute Gasteiger partial charge is 0.212 e. The minimum absolute atomic E-state index is 0.153. The van der Waals surface area contributed by atoms with Crippen molar-refractivity contribution in [2.75, 3.05) is 39.5 Å². The third kappa shape index (κ3) is 4.46. The fraction of sp³-hybridized carbons (Fsp3) is 1.00. The van der Waals surface area contributed by atoms with Gasteiger partial charge in [0.2, 0.25) is 10.0 Å². The molecular weight excluding hydrogens is 214 g/mol. The summed E-state index contributed by atoms with van der Waals surface area (Å²) >= 11 is 0. The third-order valence-corrected chi connectivity index (χ3v) is 4.18. The highest BCUT2D eigenvalue weighted by atomic mass is 32.2. The Labute approximate surface area is 92.3 Å². The number of likely N-dealkylation sites (tertiary alicyclic amines) is 1. The maximum Gasteiger partial charge on any atom is 0.212 e. The van der Waals surface area contributed by atoms with Crippen LogP contribution in [0.4, 0.5) is 0 Å². The molecule has 0 aromatic carbocycles. The molecule has 1 aliphatic rings. The van der Waals surface area contributed by atoms with Crippen molar-refractivity contribution >= 4 is 10.0 Å². The van der Waals surface area contributed by atoms with Crippen LogP contribution in [0.15, 0.2) is 0 Å². The van der Waals surface area contributed by atoms with E-state index in [1.165, 1.54) is 6.42 Å². The lowest BCUT2D eigenvalue weighted by Gasteiger charge is -2.19. The first-order valence-electron chi connectivity index (χ1n) is 5.37. The summed E-state index contributed by atoms with van der Waals surface area (Å²) in [7, 11) is 0.698. The lowest BCUT2D eigenvalue weighted by atomic mass is 10.2. The predicted octanol–water partition coefficient (Wildman–Crippen LogP) is -0.781. The Balaban J connectivity index is 2.29. The number of likely N-dealkylation sites (N-methyl/N-ethyl adjacent to an activating group) is 1. The molecule has 1 rings (SSSR count). The number of hydrogen-bond donors (Lipinski definition) is 2. The van der Waals surface area contributed by atoms with Crippen molar-refractivity contribution in [1.29, 1.82) is 0 Å². The van der Waals surface area contributed by atoms with Crippen molar-refractivity contribution in [3.63, 3.8) is 0 Å². The molecule has 0 bridgehead atoms. The zero-order chi connectivity index (χ0) is 11.3. The van der Waals surface area contributed by atoms with Gasteiger partial charge in [-0.2, -0.15) is 0 Å². The quantitative estimate of drug-likeness (QED) is 0.634. The van der Waals surface area contributed by atoms with Gasteiger partial charge in [0, 0.05) is 19.1 Å². The molecule has 2 N–H and O–H groups in total. The summed E-state index contributed by atoms with van der Waals surface area (Å²) < 4.78 is 25.6. The van der Waals surface area contributed by atoms with E-state index in [2.05, 4.69) is 14.9 Å². The summed E-state index contributed by atoms with van der Waals surface area (Å²) in [6.07, 6.45) is 2.25. The standard InChI is InChI=1S/C9H21N3O2S/c1-10-5-7-15(13,14)11-8-9-4-3-6-12(9)2/h9-11H,3-8H2,1-2H3. The van der Waals surface area contributed by atoms with Gasteiger partial charge in [0.15, 0.2) is 0 Å². The van der Waals surface area contributed by atoms with Crippen molar-refractivity contribution in [1.82, 2.24) is 14.9 Å². The number of hydrogen-bond acceptors (Lipinski definition) is 4. The van der Waals surface area contributed by atoms with Gasteiger partial charge in [0.1, 0.15) is 0 Å². The molecular formula is C9H21N3O2S. The predicted molar refractivity (Wildman–Crippen MR) is 61.4 cm³/mol. The zero-order valence-electron chi connectivity index (χ0n) is 9.49.